The average Bonchev–Trinajstić information content (AvgIpc) is 3.20. The Kier molecular flexibility index (Phi) is 4.90. The van der Waals surface area contributed by atoms with Gasteiger partial charge in [-0.3, -0.25) is 9.89 Å². The van der Waals surface area contributed by atoms with Crippen molar-refractivity contribution in [2.45, 2.75) is 12.1 Å². The summed E-state index contributed by atoms with van der Waals surface area (Å²) in [6.07, 6.45) is 3.53. The fourth-order valence-corrected chi connectivity index (χ4v) is 2.65. The molecule has 1 N–H and O–H groups in total. The lowest BCUT2D eigenvalue weighted by molar-refractivity contribution is 0.102. The SMILES string of the molecule is Cc1ccc(/C=C/c2nc(SCC(=O)c3ccc(F)cc3)n[nH]2)o1. The van der Waals surface area contributed by atoms with E-state index in [-0.39, 0.29) is 17.4 Å². The molecule has 0 bridgehead atoms. The molecule has 0 saturated carbocycles. The number of thioether (sulfide) groups is 1. The molecule has 0 aliphatic rings. The Morgan fingerprint density at radius 2 is 2.04 bits per heavy atom. The molecule has 1 aromatic carbocycles. The van der Waals surface area contributed by atoms with Crippen molar-refractivity contribution in [2.75, 3.05) is 5.75 Å². The van der Waals surface area contributed by atoms with Crippen molar-refractivity contribution in [1.29, 1.82) is 0 Å². The highest BCUT2D eigenvalue weighted by atomic mass is 32.2. The molecule has 3 rings (SSSR count). The standard InChI is InChI=1S/C17H14FN3O2S/c1-11-2-7-14(23-11)8-9-16-19-17(21-20-16)24-10-15(22)12-3-5-13(18)6-4-12/h2-9H,10H2,1H3,(H,19,20,21)/b9-8+. The first-order valence-corrected chi connectivity index (χ1v) is 8.17. The molecule has 7 heteroatoms. The summed E-state index contributed by atoms with van der Waals surface area (Å²) in [7, 11) is 0. The van der Waals surface area contributed by atoms with E-state index < -0.39 is 0 Å². The Balaban J connectivity index is 1.57. The summed E-state index contributed by atoms with van der Waals surface area (Å²) in [5, 5.41) is 7.30. The van der Waals surface area contributed by atoms with Crippen molar-refractivity contribution in [3.63, 3.8) is 0 Å². The van der Waals surface area contributed by atoms with Gasteiger partial charge in [-0.15, -0.1) is 5.10 Å². The molecule has 24 heavy (non-hydrogen) atoms. The van der Waals surface area contributed by atoms with Crippen LogP contribution < -0.4 is 0 Å². The van der Waals surface area contributed by atoms with Gasteiger partial charge in [-0.1, -0.05) is 11.8 Å². The summed E-state index contributed by atoms with van der Waals surface area (Å²) in [4.78, 5) is 16.3. The van der Waals surface area contributed by atoms with E-state index in [1.54, 1.807) is 12.2 Å². The highest BCUT2D eigenvalue weighted by molar-refractivity contribution is 7.99. The van der Waals surface area contributed by atoms with Crippen LogP contribution >= 0.6 is 11.8 Å². The molecule has 0 radical (unpaired) electrons. The van der Waals surface area contributed by atoms with Gasteiger partial charge in [0.1, 0.15) is 23.2 Å². The smallest absolute Gasteiger partial charge is 0.209 e. The van der Waals surface area contributed by atoms with Gasteiger partial charge in [0.25, 0.3) is 0 Å². The number of carbonyl (C=O) groups is 1. The van der Waals surface area contributed by atoms with E-state index in [2.05, 4.69) is 15.2 Å². The van der Waals surface area contributed by atoms with Gasteiger partial charge >= 0.3 is 0 Å². The number of aryl methyl sites for hydroxylation is 1. The molecule has 2 heterocycles. The number of benzene rings is 1. The van der Waals surface area contributed by atoms with Gasteiger partial charge in [0, 0.05) is 5.56 Å². The van der Waals surface area contributed by atoms with E-state index in [1.165, 1.54) is 36.0 Å². The lowest BCUT2D eigenvalue weighted by Crippen LogP contribution is -2.02. The quantitative estimate of drug-likeness (QED) is 0.541. The number of aromatic amines is 1. The molecule has 0 amide bonds. The molecular formula is C17H14FN3O2S. The highest BCUT2D eigenvalue weighted by Gasteiger charge is 2.09. The summed E-state index contributed by atoms with van der Waals surface area (Å²) in [6, 6.07) is 9.21. The van der Waals surface area contributed by atoms with Crippen LogP contribution in [0.3, 0.4) is 0 Å². The van der Waals surface area contributed by atoms with Gasteiger partial charge in [-0.05, 0) is 55.5 Å². The largest absolute Gasteiger partial charge is 0.462 e. The van der Waals surface area contributed by atoms with Crippen LogP contribution in [0.5, 0.6) is 0 Å². The number of furan rings is 1. The zero-order valence-corrected chi connectivity index (χ0v) is 13.6. The average molecular weight is 343 g/mol. The van der Waals surface area contributed by atoms with Gasteiger partial charge < -0.3 is 4.42 Å². The minimum absolute atomic E-state index is 0.104. The Labute approximate surface area is 142 Å². The van der Waals surface area contributed by atoms with Gasteiger partial charge in [0.2, 0.25) is 5.16 Å². The predicted octanol–water partition coefficient (Wildman–Crippen LogP) is 3.99. The fourth-order valence-electron chi connectivity index (χ4n) is 1.95. The maximum atomic E-state index is 12.8. The van der Waals surface area contributed by atoms with E-state index in [0.29, 0.717) is 16.5 Å². The lowest BCUT2D eigenvalue weighted by atomic mass is 10.1. The van der Waals surface area contributed by atoms with E-state index in [4.69, 9.17) is 4.42 Å². The van der Waals surface area contributed by atoms with Crippen molar-refractivity contribution < 1.29 is 13.6 Å². The third-order valence-electron chi connectivity index (χ3n) is 3.15. The molecule has 0 unspecified atom stereocenters. The minimum Gasteiger partial charge on any atom is -0.462 e. The molecule has 0 spiro atoms. The number of hydrogen-bond acceptors (Lipinski definition) is 5. The minimum atomic E-state index is -0.364. The van der Waals surface area contributed by atoms with Crippen LogP contribution in [0.15, 0.2) is 46.0 Å². The van der Waals surface area contributed by atoms with Crippen molar-refractivity contribution >= 4 is 29.7 Å². The molecule has 0 fully saturated rings. The van der Waals surface area contributed by atoms with Crippen molar-refractivity contribution in [3.05, 3.63) is 65.1 Å². The Morgan fingerprint density at radius 1 is 1.25 bits per heavy atom. The molecule has 0 atom stereocenters. The van der Waals surface area contributed by atoms with Crippen molar-refractivity contribution in [2.24, 2.45) is 0 Å². The van der Waals surface area contributed by atoms with Crippen LogP contribution in [0.2, 0.25) is 0 Å². The van der Waals surface area contributed by atoms with Crippen molar-refractivity contribution in [3.8, 4) is 0 Å². The molecule has 5 nitrogen and oxygen atoms in total. The summed E-state index contributed by atoms with van der Waals surface area (Å²) in [6.45, 7) is 1.87. The number of nitrogens with one attached hydrogen (secondary N) is 1. The zero-order valence-electron chi connectivity index (χ0n) is 12.8. The number of ketones is 1. The van der Waals surface area contributed by atoms with Crippen LogP contribution in [0.25, 0.3) is 12.2 Å². The van der Waals surface area contributed by atoms with Crippen molar-refractivity contribution in [1.82, 2.24) is 15.2 Å². The van der Waals surface area contributed by atoms with Gasteiger partial charge in [-0.2, -0.15) is 0 Å². The Morgan fingerprint density at radius 3 is 2.75 bits per heavy atom. The third kappa shape index (κ3) is 4.20. The second-order valence-corrected chi connectivity index (χ2v) is 5.95. The molecule has 122 valence electrons. The van der Waals surface area contributed by atoms with Crippen LogP contribution in [-0.2, 0) is 0 Å². The molecule has 0 aliphatic carbocycles. The number of hydrogen-bond donors (Lipinski definition) is 1. The van der Waals surface area contributed by atoms with Crippen LogP contribution in [0.4, 0.5) is 4.39 Å². The number of nitrogens with zero attached hydrogens (tertiary/aromatic N) is 2. The second kappa shape index (κ2) is 7.27. The maximum Gasteiger partial charge on any atom is 0.209 e. The van der Waals surface area contributed by atoms with Crippen LogP contribution in [-0.4, -0.2) is 26.7 Å². The Hall–Kier alpha value is -2.67. The normalized spacial score (nSPS) is 11.2. The summed E-state index contributed by atoms with van der Waals surface area (Å²) >= 11 is 1.22. The first-order chi connectivity index (χ1) is 11.6. The monoisotopic (exact) mass is 343 g/mol. The van der Waals surface area contributed by atoms with E-state index in [9.17, 15) is 9.18 Å². The first kappa shape index (κ1) is 16.2. The summed E-state index contributed by atoms with van der Waals surface area (Å²) < 4.78 is 18.3. The number of Topliss-reactive ketones (excluding diaryl/α,β-unsaturated/α-hetero) is 1. The molecule has 2 aromatic heterocycles. The number of H-pyrrole nitrogens is 1. The number of aromatic nitrogens is 3. The van der Waals surface area contributed by atoms with Gasteiger partial charge in [0.05, 0.1) is 5.75 Å². The third-order valence-corrected chi connectivity index (χ3v) is 3.99. The molecular weight excluding hydrogens is 329 g/mol. The van der Waals surface area contributed by atoms with E-state index in [1.807, 2.05) is 19.1 Å². The molecule has 0 saturated heterocycles. The second-order valence-electron chi connectivity index (χ2n) is 5.00. The summed E-state index contributed by atoms with van der Waals surface area (Å²) in [5.41, 5.74) is 0.466. The highest BCUT2D eigenvalue weighted by Crippen LogP contribution is 2.16. The van der Waals surface area contributed by atoms with Crippen LogP contribution in [0, 0.1) is 12.7 Å². The predicted molar refractivity (Wildman–Crippen MR) is 90.2 cm³/mol. The zero-order chi connectivity index (χ0) is 16.9. The fraction of sp³-hybridized carbons (Fsp3) is 0.118. The van der Waals surface area contributed by atoms with E-state index >= 15 is 0 Å². The molecule has 0 aliphatic heterocycles. The van der Waals surface area contributed by atoms with Gasteiger partial charge in [0.15, 0.2) is 5.78 Å². The van der Waals surface area contributed by atoms with Gasteiger partial charge in [-0.25, -0.2) is 9.37 Å². The van der Waals surface area contributed by atoms with E-state index in [0.717, 1.165) is 11.5 Å². The number of carbonyl (C=O) groups excluding carboxylic acids is 1. The lowest BCUT2D eigenvalue weighted by Gasteiger charge is -1.98. The number of rotatable bonds is 6. The molecule has 3 aromatic rings. The number of halogens is 1. The first-order valence-electron chi connectivity index (χ1n) is 7.18. The maximum absolute atomic E-state index is 12.8. The Bertz CT molecular complexity index is 868. The topological polar surface area (TPSA) is 71.8 Å². The summed E-state index contributed by atoms with van der Waals surface area (Å²) in [5.74, 6) is 1.85. The van der Waals surface area contributed by atoms with Crippen LogP contribution in [0.1, 0.15) is 27.7 Å².